The van der Waals surface area contributed by atoms with Crippen molar-refractivity contribution in [3.05, 3.63) is 64.4 Å². The van der Waals surface area contributed by atoms with Crippen LogP contribution in [0, 0.1) is 18.3 Å². The van der Waals surface area contributed by atoms with Crippen molar-refractivity contribution in [2.45, 2.75) is 19.3 Å². The zero-order chi connectivity index (χ0) is 19.0. The van der Waals surface area contributed by atoms with Crippen LogP contribution < -0.4 is 4.90 Å². The highest BCUT2D eigenvalue weighted by Gasteiger charge is 2.35. The lowest BCUT2D eigenvalue weighted by molar-refractivity contribution is -0.117. The van der Waals surface area contributed by atoms with E-state index in [9.17, 15) is 4.79 Å². The molecule has 1 unspecified atom stereocenters. The van der Waals surface area contributed by atoms with Gasteiger partial charge in [-0.2, -0.15) is 10.2 Å². The third-order valence-corrected chi connectivity index (χ3v) is 5.11. The summed E-state index contributed by atoms with van der Waals surface area (Å²) in [5.74, 6) is 0.672. The standard InChI is InChI=1S/C20H15ClN4O2/c1-12-16(21)6-3-7-17(12)25-11-15(9-18(25)26)19-23-20(27-24-19)14-5-2-4-13(8-14)10-22/h2-8,15H,9,11H2,1H3. The normalized spacial score (nSPS) is 16.6. The SMILES string of the molecule is Cc1c(Cl)cccc1N1CC(c2noc(-c3cccc(C#N)c3)n2)CC1=O. The van der Waals surface area contributed by atoms with Crippen LogP contribution in [0.4, 0.5) is 5.69 Å². The Morgan fingerprint density at radius 3 is 2.93 bits per heavy atom. The minimum atomic E-state index is -0.160. The van der Waals surface area contributed by atoms with Crippen molar-refractivity contribution in [2.75, 3.05) is 11.4 Å². The molecule has 0 bridgehead atoms. The summed E-state index contributed by atoms with van der Waals surface area (Å²) in [6, 6.07) is 14.6. The molecule has 0 N–H and O–H groups in total. The number of nitrogens with zero attached hydrogens (tertiary/aromatic N) is 4. The molecule has 27 heavy (non-hydrogen) atoms. The maximum absolute atomic E-state index is 12.5. The predicted molar refractivity (Wildman–Crippen MR) is 100 cm³/mol. The van der Waals surface area contributed by atoms with Gasteiger partial charge < -0.3 is 9.42 Å². The van der Waals surface area contributed by atoms with E-state index >= 15 is 0 Å². The number of hydrogen-bond acceptors (Lipinski definition) is 5. The molecule has 1 amide bonds. The summed E-state index contributed by atoms with van der Waals surface area (Å²) in [6.45, 7) is 2.37. The molecular formula is C20H15ClN4O2. The van der Waals surface area contributed by atoms with Crippen LogP contribution in [0.1, 0.15) is 29.3 Å². The summed E-state index contributed by atoms with van der Waals surface area (Å²) in [5.41, 5.74) is 2.88. The molecule has 0 radical (unpaired) electrons. The average molecular weight is 379 g/mol. The van der Waals surface area contributed by atoms with Crippen LogP contribution in [0.5, 0.6) is 0 Å². The van der Waals surface area contributed by atoms with Crippen molar-refractivity contribution in [1.82, 2.24) is 10.1 Å². The van der Waals surface area contributed by atoms with E-state index in [0.717, 1.165) is 11.3 Å². The second-order valence-corrected chi connectivity index (χ2v) is 6.85. The van der Waals surface area contributed by atoms with Crippen LogP contribution in [0.3, 0.4) is 0 Å². The molecule has 6 nitrogen and oxygen atoms in total. The Morgan fingerprint density at radius 2 is 2.11 bits per heavy atom. The molecule has 1 aliphatic rings. The molecular weight excluding hydrogens is 364 g/mol. The van der Waals surface area contributed by atoms with Gasteiger partial charge in [0, 0.05) is 35.2 Å². The number of halogens is 1. The van der Waals surface area contributed by atoms with E-state index in [2.05, 4.69) is 16.2 Å². The third-order valence-electron chi connectivity index (χ3n) is 4.70. The number of amides is 1. The van der Waals surface area contributed by atoms with Gasteiger partial charge in [-0.05, 0) is 42.8 Å². The second-order valence-electron chi connectivity index (χ2n) is 6.44. The summed E-state index contributed by atoms with van der Waals surface area (Å²) >= 11 is 6.19. The van der Waals surface area contributed by atoms with Crippen molar-refractivity contribution in [1.29, 1.82) is 5.26 Å². The van der Waals surface area contributed by atoms with Crippen molar-refractivity contribution in [3.8, 4) is 17.5 Å². The fraction of sp³-hybridized carbons (Fsp3) is 0.200. The Kier molecular flexibility index (Phi) is 4.38. The van der Waals surface area contributed by atoms with E-state index in [4.69, 9.17) is 21.4 Å². The Labute approximate surface area is 161 Å². The molecule has 7 heteroatoms. The van der Waals surface area contributed by atoms with Gasteiger partial charge >= 0.3 is 0 Å². The highest BCUT2D eigenvalue weighted by molar-refractivity contribution is 6.31. The molecule has 0 saturated carbocycles. The first kappa shape index (κ1) is 17.3. The fourth-order valence-corrected chi connectivity index (χ4v) is 3.41. The molecule has 2 aromatic carbocycles. The largest absolute Gasteiger partial charge is 0.334 e. The molecule has 2 heterocycles. The molecule has 1 aromatic heterocycles. The molecule has 1 saturated heterocycles. The second kappa shape index (κ2) is 6.86. The van der Waals surface area contributed by atoms with Gasteiger partial charge in [-0.15, -0.1) is 0 Å². The van der Waals surface area contributed by atoms with Gasteiger partial charge in [-0.25, -0.2) is 0 Å². The van der Waals surface area contributed by atoms with Crippen molar-refractivity contribution >= 4 is 23.2 Å². The number of carbonyl (C=O) groups is 1. The number of rotatable bonds is 3. The highest BCUT2D eigenvalue weighted by atomic mass is 35.5. The zero-order valence-electron chi connectivity index (χ0n) is 14.5. The lowest BCUT2D eigenvalue weighted by Crippen LogP contribution is -2.25. The van der Waals surface area contributed by atoms with Gasteiger partial charge in [0.25, 0.3) is 5.89 Å². The molecule has 1 fully saturated rings. The van der Waals surface area contributed by atoms with Gasteiger partial charge in [0.05, 0.1) is 11.6 Å². The molecule has 4 rings (SSSR count). The van der Waals surface area contributed by atoms with E-state index in [1.54, 1.807) is 35.2 Å². The minimum absolute atomic E-state index is 0.00296. The average Bonchev–Trinajstić information content (AvgIpc) is 3.31. The van der Waals surface area contributed by atoms with Crippen molar-refractivity contribution in [2.24, 2.45) is 0 Å². The van der Waals surface area contributed by atoms with Crippen LogP contribution in [0.2, 0.25) is 5.02 Å². The predicted octanol–water partition coefficient (Wildman–Crippen LogP) is 4.09. The number of nitriles is 1. The Balaban J connectivity index is 1.59. The van der Waals surface area contributed by atoms with E-state index in [0.29, 0.717) is 40.8 Å². The van der Waals surface area contributed by atoms with Crippen LogP contribution in [-0.2, 0) is 4.79 Å². The summed E-state index contributed by atoms with van der Waals surface area (Å²) < 4.78 is 5.36. The Hall–Kier alpha value is -3.17. The summed E-state index contributed by atoms with van der Waals surface area (Å²) in [5, 5.41) is 13.7. The zero-order valence-corrected chi connectivity index (χ0v) is 15.3. The van der Waals surface area contributed by atoms with Gasteiger partial charge in [0.1, 0.15) is 0 Å². The molecule has 0 spiro atoms. The fourth-order valence-electron chi connectivity index (χ4n) is 3.24. The maximum Gasteiger partial charge on any atom is 0.257 e. The number of anilines is 1. The Bertz CT molecular complexity index is 1070. The number of benzene rings is 2. The third kappa shape index (κ3) is 3.18. The minimum Gasteiger partial charge on any atom is -0.334 e. The molecule has 3 aromatic rings. The summed E-state index contributed by atoms with van der Waals surface area (Å²) in [4.78, 5) is 18.7. The van der Waals surface area contributed by atoms with E-state index in [1.807, 2.05) is 19.1 Å². The van der Waals surface area contributed by atoms with Crippen LogP contribution >= 0.6 is 11.6 Å². The van der Waals surface area contributed by atoms with Crippen LogP contribution in [0.15, 0.2) is 47.0 Å². The first-order valence-corrected chi connectivity index (χ1v) is 8.84. The van der Waals surface area contributed by atoms with Gasteiger partial charge in [-0.3, -0.25) is 4.79 Å². The van der Waals surface area contributed by atoms with Gasteiger partial charge in [-0.1, -0.05) is 28.9 Å². The molecule has 1 atom stereocenters. The summed E-state index contributed by atoms with van der Waals surface area (Å²) in [7, 11) is 0. The first-order chi connectivity index (χ1) is 13.1. The molecule has 1 aliphatic heterocycles. The number of hydrogen-bond donors (Lipinski definition) is 0. The highest BCUT2D eigenvalue weighted by Crippen LogP contribution is 2.35. The molecule has 134 valence electrons. The Morgan fingerprint density at radius 1 is 1.30 bits per heavy atom. The monoisotopic (exact) mass is 378 g/mol. The number of aromatic nitrogens is 2. The van der Waals surface area contributed by atoms with E-state index in [1.165, 1.54) is 0 Å². The quantitative estimate of drug-likeness (QED) is 0.685. The van der Waals surface area contributed by atoms with Gasteiger partial charge in [0.15, 0.2) is 5.82 Å². The topological polar surface area (TPSA) is 83.0 Å². The van der Waals surface area contributed by atoms with Crippen LogP contribution in [-0.4, -0.2) is 22.6 Å². The van der Waals surface area contributed by atoms with Crippen molar-refractivity contribution < 1.29 is 9.32 Å². The molecule has 0 aliphatic carbocycles. The number of carbonyl (C=O) groups excluding carboxylic acids is 1. The lowest BCUT2D eigenvalue weighted by atomic mass is 10.1. The smallest absolute Gasteiger partial charge is 0.257 e. The van der Waals surface area contributed by atoms with Crippen molar-refractivity contribution in [3.63, 3.8) is 0 Å². The lowest BCUT2D eigenvalue weighted by Gasteiger charge is -2.19. The first-order valence-electron chi connectivity index (χ1n) is 8.46. The van der Waals surface area contributed by atoms with E-state index < -0.39 is 0 Å². The van der Waals surface area contributed by atoms with Gasteiger partial charge in [0.2, 0.25) is 5.91 Å². The summed E-state index contributed by atoms with van der Waals surface area (Å²) in [6.07, 6.45) is 0.309. The van der Waals surface area contributed by atoms with Crippen LogP contribution in [0.25, 0.3) is 11.5 Å². The van der Waals surface area contributed by atoms with E-state index in [-0.39, 0.29) is 11.8 Å². The maximum atomic E-state index is 12.5.